The Balaban J connectivity index is 2.14. The maximum absolute atomic E-state index is 12.3. The number of aromatic nitrogens is 2. The fourth-order valence-corrected chi connectivity index (χ4v) is 2.82. The summed E-state index contributed by atoms with van der Waals surface area (Å²) in [6.45, 7) is 6.46. The second-order valence-electron chi connectivity index (χ2n) is 6.11. The van der Waals surface area contributed by atoms with Crippen molar-refractivity contribution in [2.24, 2.45) is 11.8 Å². The van der Waals surface area contributed by atoms with Crippen molar-refractivity contribution in [2.45, 2.75) is 32.8 Å². The van der Waals surface area contributed by atoms with Crippen LogP contribution in [0.25, 0.3) is 0 Å². The third-order valence-electron chi connectivity index (χ3n) is 4.38. The topological polar surface area (TPSA) is 106 Å². The summed E-state index contributed by atoms with van der Waals surface area (Å²) in [6, 6.07) is 1.13. The van der Waals surface area contributed by atoms with Gasteiger partial charge in [0.25, 0.3) is 11.1 Å². The predicted octanol–water partition coefficient (Wildman–Crippen LogP) is -0.529. The second kappa shape index (κ2) is 5.48. The van der Waals surface area contributed by atoms with Gasteiger partial charge in [-0.25, -0.2) is 0 Å². The number of hydrogen-bond donors (Lipinski definition) is 3. The van der Waals surface area contributed by atoms with Crippen LogP contribution in [-0.2, 0) is 11.2 Å². The van der Waals surface area contributed by atoms with E-state index in [0.29, 0.717) is 6.54 Å². The van der Waals surface area contributed by atoms with Gasteiger partial charge in [0.05, 0.1) is 12.0 Å². The number of carbonyl (C=O) groups excluding carboxylic acids is 1. The van der Waals surface area contributed by atoms with Gasteiger partial charge in [0.2, 0.25) is 5.91 Å². The van der Waals surface area contributed by atoms with E-state index in [1.807, 2.05) is 20.8 Å². The monoisotopic (exact) mass is 295 g/mol. The summed E-state index contributed by atoms with van der Waals surface area (Å²) < 4.78 is 0. The Morgan fingerprint density at radius 1 is 1.48 bits per heavy atom. The Labute approximate surface area is 122 Å². The minimum absolute atomic E-state index is 0.0288. The molecule has 7 heteroatoms. The summed E-state index contributed by atoms with van der Waals surface area (Å²) in [7, 11) is 0. The molecule has 0 aromatic carbocycles. The van der Waals surface area contributed by atoms with Crippen LogP contribution in [0.1, 0.15) is 26.3 Å². The highest BCUT2D eigenvalue weighted by Gasteiger charge is 2.46. The molecule has 0 saturated carbocycles. The van der Waals surface area contributed by atoms with E-state index in [2.05, 4.69) is 10.2 Å². The lowest BCUT2D eigenvalue weighted by Crippen LogP contribution is -2.43. The van der Waals surface area contributed by atoms with Gasteiger partial charge in [0, 0.05) is 30.6 Å². The first-order valence-electron chi connectivity index (χ1n) is 7.05. The van der Waals surface area contributed by atoms with Gasteiger partial charge in [-0.1, -0.05) is 20.8 Å². The number of hydrogen-bond acceptors (Lipinski definition) is 4. The lowest BCUT2D eigenvalue weighted by atomic mass is 9.82. The molecule has 3 N–H and O–H groups in total. The lowest BCUT2D eigenvalue weighted by molar-refractivity contribution is -0.130. The summed E-state index contributed by atoms with van der Waals surface area (Å²) in [6.07, 6.45) is -0.139. The van der Waals surface area contributed by atoms with Crippen LogP contribution in [0.5, 0.6) is 0 Å². The standard InChI is InChI=1S/C14H21N3O4/c1-8(2)14(21)7-17(6-9(14)3)12(19)5-10-4-11(18)15-16-13(10)20/h4,8-9,21H,5-7H2,1-3H3,(H,15,18)(H,16,20)/t9-,14-/m0/s1. The molecule has 0 bridgehead atoms. The van der Waals surface area contributed by atoms with Crippen LogP contribution in [0.4, 0.5) is 0 Å². The van der Waals surface area contributed by atoms with Gasteiger partial charge in [-0.3, -0.25) is 24.6 Å². The second-order valence-corrected chi connectivity index (χ2v) is 6.11. The minimum Gasteiger partial charge on any atom is -0.387 e. The Morgan fingerprint density at radius 2 is 2.14 bits per heavy atom. The quantitative estimate of drug-likeness (QED) is 0.697. The number of nitrogens with zero attached hydrogens (tertiary/aromatic N) is 1. The molecule has 7 nitrogen and oxygen atoms in total. The molecule has 0 unspecified atom stereocenters. The highest BCUT2D eigenvalue weighted by atomic mass is 16.3. The fraction of sp³-hybridized carbons (Fsp3) is 0.643. The first-order chi connectivity index (χ1) is 9.74. The number of rotatable bonds is 3. The van der Waals surface area contributed by atoms with Crippen molar-refractivity contribution in [1.29, 1.82) is 0 Å². The number of likely N-dealkylation sites (tertiary alicyclic amines) is 1. The van der Waals surface area contributed by atoms with Crippen molar-refractivity contribution in [3.8, 4) is 0 Å². The third kappa shape index (κ3) is 2.92. The molecule has 1 aromatic heterocycles. The van der Waals surface area contributed by atoms with Gasteiger partial charge in [0.1, 0.15) is 0 Å². The zero-order chi connectivity index (χ0) is 15.8. The van der Waals surface area contributed by atoms with Crippen molar-refractivity contribution in [2.75, 3.05) is 13.1 Å². The van der Waals surface area contributed by atoms with E-state index in [1.54, 1.807) is 4.90 Å². The molecule has 1 aliphatic heterocycles. The largest absolute Gasteiger partial charge is 0.387 e. The van der Waals surface area contributed by atoms with E-state index in [4.69, 9.17) is 0 Å². The van der Waals surface area contributed by atoms with E-state index < -0.39 is 16.7 Å². The molecular weight excluding hydrogens is 274 g/mol. The van der Waals surface area contributed by atoms with Gasteiger partial charge in [-0.2, -0.15) is 0 Å². The van der Waals surface area contributed by atoms with Crippen LogP contribution in [-0.4, -0.2) is 44.8 Å². The molecule has 1 aromatic rings. The van der Waals surface area contributed by atoms with Gasteiger partial charge in [-0.05, 0) is 5.92 Å². The minimum atomic E-state index is -0.907. The average Bonchev–Trinajstić information content (AvgIpc) is 2.72. The molecule has 1 fully saturated rings. The molecule has 1 saturated heterocycles. The number of amides is 1. The van der Waals surface area contributed by atoms with Gasteiger partial charge >= 0.3 is 0 Å². The number of H-pyrrole nitrogens is 2. The van der Waals surface area contributed by atoms with Crippen molar-refractivity contribution >= 4 is 5.91 Å². The molecule has 2 atom stereocenters. The van der Waals surface area contributed by atoms with E-state index in [0.717, 1.165) is 6.07 Å². The van der Waals surface area contributed by atoms with Crippen LogP contribution in [0.3, 0.4) is 0 Å². The van der Waals surface area contributed by atoms with Gasteiger partial charge in [-0.15, -0.1) is 0 Å². The Hall–Kier alpha value is -1.89. The molecule has 1 amide bonds. The zero-order valence-corrected chi connectivity index (χ0v) is 12.5. The van der Waals surface area contributed by atoms with E-state index in [9.17, 15) is 19.5 Å². The fourth-order valence-electron chi connectivity index (χ4n) is 2.82. The molecule has 0 radical (unpaired) electrons. The van der Waals surface area contributed by atoms with Crippen LogP contribution in [0, 0.1) is 11.8 Å². The van der Waals surface area contributed by atoms with Crippen molar-refractivity contribution < 1.29 is 9.90 Å². The Kier molecular flexibility index (Phi) is 4.04. The van der Waals surface area contributed by atoms with Crippen LogP contribution in [0.15, 0.2) is 15.7 Å². The van der Waals surface area contributed by atoms with Crippen molar-refractivity contribution in [3.63, 3.8) is 0 Å². The molecule has 21 heavy (non-hydrogen) atoms. The molecule has 1 aliphatic rings. The predicted molar refractivity (Wildman–Crippen MR) is 76.9 cm³/mol. The molecular formula is C14H21N3O4. The van der Waals surface area contributed by atoms with Crippen molar-refractivity contribution in [1.82, 2.24) is 15.1 Å². The summed E-state index contributed by atoms with van der Waals surface area (Å²) in [4.78, 5) is 36.6. The highest BCUT2D eigenvalue weighted by molar-refractivity contribution is 5.79. The van der Waals surface area contributed by atoms with Crippen LogP contribution >= 0.6 is 0 Å². The summed E-state index contributed by atoms with van der Waals surface area (Å²) >= 11 is 0. The number of β-amino-alcohol motifs (C(OH)–C–C–N with tert-alkyl or cyclic N) is 1. The highest BCUT2D eigenvalue weighted by Crippen LogP contribution is 2.33. The number of aliphatic hydroxyl groups is 1. The third-order valence-corrected chi connectivity index (χ3v) is 4.38. The maximum Gasteiger partial charge on any atom is 0.266 e. The molecule has 0 spiro atoms. The zero-order valence-electron chi connectivity index (χ0n) is 12.5. The normalized spacial score (nSPS) is 25.6. The molecule has 2 rings (SSSR count). The summed E-state index contributed by atoms with van der Waals surface area (Å²) in [5.41, 5.74) is -1.70. The lowest BCUT2D eigenvalue weighted by Gasteiger charge is -2.31. The number of aromatic amines is 2. The smallest absolute Gasteiger partial charge is 0.266 e. The first kappa shape index (κ1) is 15.5. The summed E-state index contributed by atoms with van der Waals surface area (Å²) in [5.74, 6) is -0.248. The first-order valence-corrected chi connectivity index (χ1v) is 7.05. The van der Waals surface area contributed by atoms with Gasteiger partial charge in [0.15, 0.2) is 0 Å². The van der Waals surface area contributed by atoms with Crippen LogP contribution in [0.2, 0.25) is 0 Å². The Morgan fingerprint density at radius 3 is 2.71 bits per heavy atom. The molecule has 2 heterocycles. The molecule has 116 valence electrons. The van der Waals surface area contributed by atoms with Crippen LogP contribution < -0.4 is 11.1 Å². The van der Waals surface area contributed by atoms with Gasteiger partial charge < -0.3 is 10.0 Å². The van der Waals surface area contributed by atoms with E-state index in [-0.39, 0.29) is 36.3 Å². The SMILES string of the molecule is CC(C)[C@@]1(O)CN(C(=O)Cc2cc(=O)[nH][nH]c2=O)C[C@@H]1C. The average molecular weight is 295 g/mol. The number of carbonyl (C=O) groups is 1. The maximum atomic E-state index is 12.3. The van der Waals surface area contributed by atoms with Crippen molar-refractivity contribution in [3.05, 3.63) is 32.3 Å². The Bertz CT molecular complexity index is 648. The van der Waals surface area contributed by atoms with E-state index >= 15 is 0 Å². The number of nitrogens with one attached hydrogen (secondary N) is 2. The molecule has 0 aliphatic carbocycles. The summed E-state index contributed by atoms with van der Waals surface area (Å²) in [5, 5.41) is 15.0. The van der Waals surface area contributed by atoms with E-state index in [1.165, 1.54) is 0 Å².